The van der Waals surface area contributed by atoms with Gasteiger partial charge in [-0.05, 0) is 174 Å². The molecule has 0 spiro atoms. The smallest absolute Gasteiger partial charge is 0.349 e. The number of carbonyl (C=O) groups excluding carboxylic acids is 3. The first kappa shape index (κ1) is 93.8. The predicted octanol–water partition coefficient (Wildman–Crippen LogP) is 18.6. The van der Waals surface area contributed by atoms with Crippen molar-refractivity contribution in [1.82, 2.24) is 73.3 Å². The average molecular weight is 1800 g/mol. The van der Waals surface area contributed by atoms with Crippen LogP contribution in [0.15, 0.2) is 180 Å². The lowest BCUT2D eigenvalue weighted by Crippen LogP contribution is -2.58. The molecular formula is C98H107Cl3FN19O8. The Morgan fingerprint density at radius 1 is 0.419 bits per heavy atom. The predicted molar refractivity (Wildman–Crippen MR) is 511 cm³/mol. The fourth-order valence-electron chi connectivity index (χ4n) is 17.5. The van der Waals surface area contributed by atoms with Gasteiger partial charge in [0.15, 0.2) is 16.9 Å². The van der Waals surface area contributed by atoms with Crippen molar-refractivity contribution in [1.29, 1.82) is 0 Å². The zero-order valence-corrected chi connectivity index (χ0v) is 78.1. The molecule has 12 aromatic rings. The van der Waals surface area contributed by atoms with Gasteiger partial charge < -0.3 is 29.4 Å². The summed E-state index contributed by atoms with van der Waals surface area (Å²) < 4.78 is 20.6. The molecule has 0 saturated carbocycles. The molecule has 3 fully saturated rings. The Kier molecular flexibility index (Phi) is 28.1. The maximum atomic E-state index is 16.1. The van der Waals surface area contributed by atoms with Gasteiger partial charge in [-0.25, -0.2) is 47.4 Å². The van der Waals surface area contributed by atoms with Gasteiger partial charge in [-0.3, -0.25) is 39.4 Å². The van der Waals surface area contributed by atoms with Crippen LogP contribution in [0, 0.1) is 29.8 Å². The van der Waals surface area contributed by atoms with Crippen molar-refractivity contribution >= 4 is 109 Å². The third-order valence-corrected chi connectivity index (χ3v) is 25.0. The minimum Gasteiger partial charge on any atom is -0.349 e. The summed E-state index contributed by atoms with van der Waals surface area (Å²) in [5.74, 6) is 0.426. The second kappa shape index (κ2) is 38.6. The zero-order valence-electron chi connectivity index (χ0n) is 75.8. The number of benzene rings is 3. The number of carbonyl (C=O) groups is 3. The number of halogens is 4. The Morgan fingerprint density at radius 2 is 0.760 bits per heavy atom. The highest BCUT2D eigenvalue weighted by atomic mass is 35.5. The molecule has 3 saturated heterocycles. The zero-order chi connectivity index (χ0) is 93.5. The number of nitro groups is 1. The Labute approximate surface area is 763 Å². The first-order valence-electron chi connectivity index (χ1n) is 43.3. The molecule has 3 aliphatic rings. The number of nitrogens with zero attached hydrogens (tertiary/aromatic N) is 19. The summed E-state index contributed by atoms with van der Waals surface area (Å²) >= 11 is 20.4. The number of hydrogen-bond acceptors (Lipinski definition) is 20. The molecule has 12 heterocycles. The molecule has 0 aliphatic carbocycles. The molecule has 0 bridgehead atoms. The van der Waals surface area contributed by atoms with E-state index in [1.54, 1.807) is 68.2 Å². The molecule has 6 unspecified atom stereocenters. The highest BCUT2D eigenvalue weighted by molar-refractivity contribution is 6.37. The molecule has 27 nitrogen and oxygen atoms in total. The summed E-state index contributed by atoms with van der Waals surface area (Å²) in [5, 5.41) is 14.5. The molecule has 9 aromatic heterocycles. The van der Waals surface area contributed by atoms with Gasteiger partial charge >= 0.3 is 17.1 Å². The van der Waals surface area contributed by atoms with Crippen molar-refractivity contribution in [3.05, 3.63) is 268 Å². The van der Waals surface area contributed by atoms with Crippen LogP contribution in [0.2, 0.25) is 15.1 Å². The lowest BCUT2D eigenvalue weighted by Gasteiger charge is -2.44. The Balaban J connectivity index is 0.000000165. The monoisotopic (exact) mass is 1800 g/mol. The van der Waals surface area contributed by atoms with E-state index in [-0.39, 0.29) is 117 Å². The lowest BCUT2D eigenvalue weighted by atomic mass is 9.97. The first-order chi connectivity index (χ1) is 61.3. The second-order valence-electron chi connectivity index (χ2n) is 34.8. The molecule has 0 radical (unpaired) electrons. The van der Waals surface area contributed by atoms with E-state index in [0.717, 1.165) is 33.6 Å². The van der Waals surface area contributed by atoms with Crippen LogP contribution in [-0.2, 0) is 14.4 Å². The summed E-state index contributed by atoms with van der Waals surface area (Å²) in [6, 6.07) is 30.6. The fourth-order valence-corrected chi connectivity index (χ4v) is 18.3. The van der Waals surface area contributed by atoms with Crippen LogP contribution in [0.5, 0.6) is 0 Å². The Hall–Kier alpha value is -12.8. The van der Waals surface area contributed by atoms with Gasteiger partial charge in [0.2, 0.25) is 17.7 Å². The normalized spacial score (nSPS) is 17.2. The second-order valence-corrected chi connectivity index (χ2v) is 36.1. The van der Waals surface area contributed by atoms with Crippen molar-refractivity contribution in [3.63, 3.8) is 0 Å². The van der Waals surface area contributed by atoms with Gasteiger partial charge in [0.25, 0.3) is 5.69 Å². The maximum Gasteiger partial charge on any atom is 0.355 e. The van der Waals surface area contributed by atoms with E-state index in [0.29, 0.717) is 134 Å². The van der Waals surface area contributed by atoms with Gasteiger partial charge in [0.05, 0.1) is 87.2 Å². The van der Waals surface area contributed by atoms with Crippen molar-refractivity contribution in [2.24, 2.45) is 0 Å². The fraction of sp³-hybridized carbons (Fsp3) is 0.357. The van der Waals surface area contributed by atoms with E-state index in [1.165, 1.54) is 39.5 Å². The van der Waals surface area contributed by atoms with Crippen LogP contribution in [0.25, 0.3) is 83.9 Å². The lowest BCUT2D eigenvalue weighted by molar-refractivity contribution is -0.384. The summed E-state index contributed by atoms with van der Waals surface area (Å²) in [6.45, 7) is 49.5. The summed E-state index contributed by atoms with van der Waals surface area (Å²) in [7, 11) is 0. The maximum absolute atomic E-state index is 16.1. The number of pyridine rings is 6. The molecule has 670 valence electrons. The number of aryl methyl sites for hydroxylation is 2. The van der Waals surface area contributed by atoms with Crippen LogP contribution >= 0.6 is 34.8 Å². The molecule has 129 heavy (non-hydrogen) atoms. The number of hydrogen-bond donors (Lipinski definition) is 0. The average Bonchev–Trinajstić information content (AvgIpc) is 0.738. The third kappa shape index (κ3) is 18.3. The van der Waals surface area contributed by atoms with E-state index < -0.39 is 27.8 Å². The number of nitro benzene ring substituents is 1. The molecule has 3 aliphatic heterocycles. The largest absolute Gasteiger partial charge is 0.355 e. The minimum atomic E-state index is -0.576. The van der Waals surface area contributed by atoms with Crippen LogP contribution in [0.3, 0.4) is 0 Å². The third-order valence-electron chi connectivity index (χ3n) is 24.1. The molecule has 31 heteroatoms. The summed E-state index contributed by atoms with van der Waals surface area (Å²) in [6.07, 6.45) is 9.19. The Morgan fingerprint density at radius 3 is 1.14 bits per heavy atom. The molecule has 0 N–H and O–H groups in total. The SMILES string of the molecule is C=CC(=O)N1CC(C)N(c2nc(=O)n(-c3c(C(C)C)ccnc3C(C)C)c3nc(-c4ccccc4C)c(F)cc23)CC1C.C=CC(=O)N1CC(C)N(c2nc(=O)n(-c3c(C(C)C)ccnc3C(C)C)c3nc(-c4ccccc4Cl)c(Cl)cc23)CC1C.C=CC(=O)N1CC(C)N(c2nc(=O)n(-c3c(C)ccnc3C(C)C)c3nc(-c4ccccc4[N+](=O)[O-])c(Cl)cc23)CC1C. The van der Waals surface area contributed by atoms with Crippen molar-refractivity contribution in [3.8, 4) is 50.8 Å². The molecule has 3 aromatic carbocycles. The number of aromatic nitrogens is 12. The van der Waals surface area contributed by atoms with Crippen LogP contribution < -0.4 is 31.8 Å². The quantitative estimate of drug-likeness (QED) is 0.0438. The van der Waals surface area contributed by atoms with Gasteiger partial charge in [0, 0.05) is 111 Å². The number of rotatable bonds is 18. The summed E-state index contributed by atoms with van der Waals surface area (Å²) in [4.78, 5) is 146. The number of para-hydroxylation sites is 1. The standard InChI is InChI=1S/C34H39FN6O2.C33H36Cl2N6O2.C31H32ClN7O4/c1-9-28(42)39-17-23(8)40(18-22(39)7)32-26-16-27(35)30(25-13-11-10-12-21(25)6)37-33(26)41(34(43)38-32)31-24(19(2)3)14-15-36-29(31)20(4)5;1-8-27(42)39-16-21(7)40(17-20(39)6)31-24-15-26(35)29(23-11-9-10-12-25(23)34)37-32(24)41(33(43)38-31)30-22(18(2)3)13-14-36-28(30)19(4)5;1-7-25(40)36-15-20(6)37(16-19(36)5)29-22-14-23(32)27(21-10-8-9-11-24(21)39(42)43)34-30(22)38(31(41)35-29)28-18(4)12-13-33-26(28)17(2)3/h9-16,19-20,22-23H,1,17-18H2,2-8H3;8-15,18-21H,1,16-17H2,2-7H3;7-14,17,19-20H,1,15-16H2,2-6H3. The Bertz CT molecular complexity index is 6340. The van der Waals surface area contributed by atoms with Crippen LogP contribution in [-0.4, -0.2) is 171 Å². The van der Waals surface area contributed by atoms with Gasteiger partial charge in [-0.2, -0.15) is 15.0 Å². The number of amides is 3. The molecule has 6 atom stereocenters. The summed E-state index contributed by atoms with van der Waals surface area (Å²) in [5.41, 5.74) is 9.22. The van der Waals surface area contributed by atoms with Crippen molar-refractivity contribution in [2.75, 3.05) is 54.0 Å². The topological polar surface area (TPSA) is 296 Å². The van der Waals surface area contributed by atoms with Crippen molar-refractivity contribution in [2.45, 2.75) is 190 Å². The highest BCUT2D eigenvalue weighted by Gasteiger charge is 2.40. The van der Waals surface area contributed by atoms with Crippen LogP contribution in [0.1, 0.15) is 180 Å². The van der Waals surface area contributed by atoms with Gasteiger partial charge in [0.1, 0.15) is 29.0 Å². The van der Waals surface area contributed by atoms with Crippen molar-refractivity contribution < 1.29 is 23.7 Å². The molecule has 3 amide bonds. The van der Waals surface area contributed by atoms with Gasteiger partial charge in [-0.15, -0.1) is 0 Å². The highest BCUT2D eigenvalue weighted by Crippen LogP contribution is 2.44. The number of piperazine rings is 3. The van der Waals surface area contributed by atoms with E-state index in [2.05, 4.69) is 86.1 Å². The number of anilines is 3. The first-order valence-corrected chi connectivity index (χ1v) is 44.4. The van der Waals surface area contributed by atoms with E-state index >= 15 is 4.39 Å². The molecule has 15 rings (SSSR count). The molecular weight excluding hydrogens is 1700 g/mol. The minimum absolute atomic E-state index is 0.00274. The van der Waals surface area contributed by atoms with E-state index in [9.17, 15) is 38.9 Å². The van der Waals surface area contributed by atoms with E-state index in [4.69, 9.17) is 59.7 Å². The van der Waals surface area contributed by atoms with Crippen LogP contribution in [0.4, 0.5) is 27.5 Å². The van der Waals surface area contributed by atoms with E-state index in [1.807, 2.05) is 160 Å². The number of fused-ring (bicyclic) bond motifs is 3. The van der Waals surface area contributed by atoms with Gasteiger partial charge in [-0.1, -0.05) is 178 Å².